The van der Waals surface area contributed by atoms with Crippen molar-refractivity contribution in [2.24, 2.45) is 11.8 Å². The van der Waals surface area contributed by atoms with Gasteiger partial charge in [0, 0.05) is 5.69 Å². The van der Waals surface area contributed by atoms with Crippen LogP contribution in [0.2, 0.25) is 0 Å². The Bertz CT molecular complexity index is 596. The maximum absolute atomic E-state index is 11.8. The predicted molar refractivity (Wildman–Crippen MR) is 88.5 cm³/mol. The zero-order valence-corrected chi connectivity index (χ0v) is 14.0. The monoisotopic (exact) mass is 333 g/mol. The summed E-state index contributed by atoms with van der Waals surface area (Å²) in [4.78, 5) is 35.1. The van der Waals surface area contributed by atoms with E-state index in [-0.39, 0.29) is 24.5 Å². The van der Waals surface area contributed by atoms with Gasteiger partial charge in [-0.2, -0.15) is 0 Å². The molecule has 0 aromatic heterocycles. The minimum Gasteiger partial charge on any atom is -0.462 e. The van der Waals surface area contributed by atoms with E-state index in [2.05, 4.69) is 5.32 Å². The first-order chi connectivity index (χ1) is 11.5. The number of carbonyl (C=O) groups excluding carboxylic acids is 3. The molecule has 24 heavy (non-hydrogen) atoms. The smallest absolute Gasteiger partial charge is 0.338 e. The van der Waals surface area contributed by atoms with Crippen molar-refractivity contribution in [1.29, 1.82) is 0 Å². The molecule has 2 atom stereocenters. The topological polar surface area (TPSA) is 81.7 Å². The van der Waals surface area contributed by atoms with Crippen LogP contribution in [0.25, 0.3) is 0 Å². The van der Waals surface area contributed by atoms with E-state index in [0.29, 0.717) is 23.8 Å². The Morgan fingerprint density at radius 2 is 1.83 bits per heavy atom. The highest BCUT2D eigenvalue weighted by Crippen LogP contribution is 2.38. The summed E-state index contributed by atoms with van der Waals surface area (Å²) in [7, 11) is 0. The van der Waals surface area contributed by atoms with Gasteiger partial charge < -0.3 is 14.8 Å². The maximum atomic E-state index is 11.8. The number of hydrogen-bond donors (Lipinski definition) is 1. The second kappa shape index (κ2) is 8.47. The quantitative estimate of drug-likeness (QED) is 0.584. The van der Waals surface area contributed by atoms with Crippen molar-refractivity contribution >= 4 is 23.5 Å². The van der Waals surface area contributed by atoms with Crippen molar-refractivity contribution in [3.05, 3.63) is 29.8 Å². The number of anilines is 1. The Labute approximate surface area is 141 Å². The molecular weight excluding hydrogens is 310 g/mol. The van der Waals surface area contributed by atoms with Crippen LogP contribution in [0.3, 0.4) is 0 Å². The molecule has 130 valence electrons. The molecule has 2 rings (SSSR count). The van der Waals surface area contributed by atoms with E-state index in [1.54, 1.807) is 24.3 Å². The van der Waals surface area contributed by atoms with E-state index in [4.69, 9.17) is 9.47 Å². The fraction of sp³-hybridized carbons (Fsp3) is 0.500. The van der Waals surface area contributed by atoms with Gasteiger partial charge in [0.1, 0.15) is 0 Å². The third-order valence-corrected chi connectivity index (χ3v) is 3.89. The molecule has 1 fully saturated rings. The molecule has 6 nitrogen and oxygen atoms in total. The van der Waals surface area contributed by atoms with E-state index in [0.717, 1.165) is 19.3 Å². The van der Waals surface area contributed by atoms with E-state index in [9.17, 15) is 14.4 Å². The molecule has 0 unspecified atom stereocenters. The van der Waals surface area contributed by atoms with E-state index in [1.807, 2.05) is 13.8 Å². The lowest BCUT2D eigenvalue weighted by molar-refractivity contribution is -0.148. The first kappa shape index (κ1) is 18.0. The molecule has 0 radical (unpaired) electrons. The van der Waals surface area contributed by atoms with Crippen LogP contribution in [0.5, 0.6) is 0 Å². The van der Waals surface area contributed by atoms with Crippen LogP contribution in [0.15, 0.2) is 24.3 Å². The number of carbonyl (C=O) groups is 3. The van der Waals surface area contributed by atoms with Crippen molar-refractivity contribution < 1.29 is 23.9 Å². The lowest BCUT2D eigenvalue weighted by Gasteiger charge is -2.08. The zero-order valence-electron chi connectivity index (χ0n) is 14.0. The van der Waals surface area contributed by atoms with E-state index >= 15 is 0 Å². The fourth-order valence-corrected chi connectivity index (χ4v) is 2.17. The van der Waals surface area contributed by atoms with Gasteiger partial charge in [-0.25, -0.2) is 4.79 Å². The van der Waals surface area contributed by atoms with Gasteiger partial charge in [0.2, 0.25) is 0 Å². The van der Waals surface area contributed by atoms with Crippen LogP contribution in [0.1, 0.15) is 43.5 Å². The number of unbranched alkanes of at least 4 members (excludes halogenated alkanes) is 1. The molecule has 0 bridgehead atoms. The number of ether oxygens (including phenoxy) is 2. The summed E-state index contributed by atoms with van der Waals surface area (Å²) in [6, 6.07) is 6.39. The summed E-state index contributed by atoms with van der Waals surface area (Å²) < 4.78 is 10.1. The largest absolute Gasteiger partial charge is 0.462 e. The summed E-state index contributed by atoms with van der Waals surface area (Å²) in [5.41, 5.74) is 0.958. The Hall–Kier alpha value is -2.37. The van der Waals surface area contributed by atoms with Gasteiger partial charge in [-0.1, -0.05) is 20.3 Å². The number of nitrogens with one attached hydrogen (secondary N) is 1. The normalized spacial score (nSPS) is 18.6. The van der Waals surface area contributed by atoms with Gasteiger partial charge in [0.15, 0.2) is 6.61 Å². The predicted octanol–water partition coefficient (Wildman–Crippen LogP) is 2.78. The van der Waals surface area contributed by atoms with Gasteiger partial charge in [-0.15, -0.1) is 0 Å². The van der Waals surface area contributed by atoms with Crippen molar-refractivity contribution in [1.82, 2.24) is 0 Å². The van der Waals surface area contributed by atoms with Gasteiger partial charge in [0.05, 0.1) is 18.1 Å². The van der Waals surface area contributed by atoms with E-state index in [1.165, 1.54) is 0 Å². The molecule has 1 aliphatic carbocycles. The zero-order chi connectivity index (χ0) is 17.5. The highest BCUT2D eigenvalue weighted by atomic mass is 16.5. The minimum absolute atomic E-state index is 0.0594. The molecule has 0 spiro atoms. The van der Waals surface area contributed by atoms with Gasteiger partial charge >= 0.3 is 11.9 Å². The standard InChI is InChI=1S/C18H23NO5/c1-3-4-9-23-17(21)13-5-7-14(8-6-13)19-16(20)11-24-18(22)15-10-12(15)2/h5-8,12,15H,3-4,9-11H2,1-2H3,(H,19,20)/t12-,15-/m1/s1. The average molecular weight is 333 g/mol. The van der Waals surface area contributed by atoms with Gasteiger partial charge in [-0.3, -0.25) is 9.59 Å². The molecular formula is C18H23NO5. The molecule has 1 N–H and O–H groups in total. The summed E-state index contributed by atoms with van der Waals surface area (Å²) in [5, 5.41) is 2.62. The Balaban J connectivity index is 1.75. The van der Waals surface area contributed by atoms with Crippen LogP contribution >= 0.6 is 0 Å². The summed E-state index contributed by atoms with van der Waals surface area (Å²) in [6.45, 7) is 4.09. The lowest BCUT2D eigenvalue weighted by Crippen LogP contribution is -2.21. The Kier molecular flexibility index (Phi) is 6.35. The molecule has 1 aromatic carbocycles. The van der Waals surface area contributed by atoms with E-state index < -0.39 is 5.91 Å². The number of benzene rings is 1. The van der Waals surface area contributed by atoms with Crippen LogP contribution in [0.4, 0.5) is 5.69 Å². The molecule has 0 saturated heterocycles. The molecule has 1 saturated carbocycles. The van der Waals surface area contributed by atoms with Gasteiger partial charge in [0.25, 0.3) is 5.91 Å². The first-order valence-electron chi connectivity index (χ1n) is 8.25. The number of rotatable bonds is 8. The van der Waals surface area contributed by atoms with Crippen molar-refractivity contribution in [2.75, 3.05) is 18.5 Å². The SMILES string of the molecule is CCCCOC(=O)c1ccc(NC(=O)COC(=O)[C@@H]2C[C@H]2C)cc1. The summed E-state index contributed by atoms with van der Waals surface area (Å²) in [6.07, 6.45) is 2.62. The second-order valence-corrected chi connectivity index (χ2v) is 6.04. The molecule has 1 aromatic rings. The summed E-state index contributed by atoms with van der Waals surface area (Å²) >= 11 is 0. The van der Waals surface area contributed by atoms with Crippen molar-refractivity contribution in [3.8, 4) is 0 Å². The molecule has 1 aliphatic rings. The number of hydrogen-bond acceptors (Lipinski definition) is 5. The Morgan fingerprint density at radius 3 is 2.42 bits per heavy atom. The summed E-state index contributed by atoms with van der Waals surface area (Å²) in [5.74, 6) is -0.812. The number of amides is 1. The highest BCUT2D eigenvalue weighted by molar-refractivity contribution is 5.94. The minimum atomic E-state index is -0.407. The third-order valence-electron chi connectivity index (χ3n) is 3.89. The van der Waals surface area contributed by atoms with Crippen LogP contribution in [-0.2, 0) is 19.1 Å². The van der Waals surface area contributed by atoms with Crippen LogP contribution < -0.4 is 5.32 Å². The van der Waals surface area contributed by atoms with Crippen molar-refractivity contribution in [3.63, 3.8) is 0 Å². The molecule has 1 amide bonds. The Morgan fingerprint density at radius 1 is 1.17 bits per heavy atom. The molecule has 6 heteroatoms. The first-order valence-corrected chi connectivity index (χ1v) is 8.25. The van der Waals surface area contributed by atoms with Crippen LogP contribution in [-0.4, -0.2) is 31.1 Å². The molecule has 0 aliphatic heterocycles. The van der Waals surface area contributed by atoms with Crippen molar-refractivity contribution in [2.45, 2.75) is 33.1 Å². The molecule has 0 heterocycles. The highest BCUT2D eigenvalue weighted by Gasteiger charge is 2.40. The third kappa shape index (κ3) is 5.37. The van der Waals surface area contributed by atoms with Gasteiger partial charge in [-0.05, 0) is 43.0 Å². The second-order valence-electron chi connectivity index (χ2n) is 6.04. The number of esters is 2. The average Bonchev–Trinajstić information content (AvgIpc) is 3.30. The fourth-order valence-electron chi connectivity index (χ4n) is 2.17. The lowest BCUT2D eigenvalue weighted by atomic mass is 10.2. The van der Waals surface area contributed by atoms with Crippen LogP contribution in [0, 0.1) is 11.8 Å². The maximum Gasteiger partial charge on any atom is 0.338 e.